The van der Waals surface area contributed by atoms with E-state index in [1.807, 2.05) is 5.32 Å². The lowest BCUT2D eigenvalue weighted by molar-refractivity contribution is -0.135. The third kappa shape index (κ3) is 6.09. The van der Waals surface area contributed by atoms with Gasteiger partial charge < -0.3 is 16.2 Å². The van der Waals surface area contributed by atoms with Crippen LogP contribution in [-0.4, -0.2) is 29.7 Å². The molecule has 11 heavy (non-hydrogen) atoms. The lowest BCUT2D eigenvalue weighted by Gasteiger charge is -1.99. The molecule has 0 radical (unpaired) electrons. The van der Waals surface area contributed by atoms with Crippen molar-refractivity contribution in [2.45, 2.75) is 0 Å². The maximum absolute atomic E-state index is 10.4. The average molecular weight is 161 g/mol. The van der Waals surface area contributed by atoms with Gasteiger partial charge in [-0.25, -0.2) is 9.59 Å². The summed E-state index contributed by atoms with van der Waals surface area (Å²) in [6, 6.07) is -1.97. The summed E-state index contributed by atoms with van der Waals surface area (Å²) in [5.74, 6) is -1.20. The first kappa shape index (κ1) is 9.21. The van der Waals surface area contributed by atoms with Gasteiger partial charge in [-0.1, -0.05) is 0 Å². The van der Waals surface area contributed by atoms with Gasteiger partial charge in [0, 0.05) is 0 Å². The van der Waals surface area contributed by atoms with Crippen molar-refractivity contribution < 1.29 is 19.5 Å². The number of carboxylic acid groups (broad SMARTS) is 1. The van der Waals surface area contributed by atoms with Crippen LogP contribution in [0, 0.1) is 0 Å². The number of rotatable bonds is 2. The van der Waals surface area contributed by atoms with E-state index in [-0.39, 0.29) is 0 Å². The number of amides is 4. The molecule has 0 aliphatic rings. The SMILES string of the molecule is NC(=O)NC(=O)NCC(=O)O. The van der Waals surface area contributed by atoms with Crippen LogP contribution in [0.5, 0.6) is 0 Å². The second-order valence-electron chi connectivity index (χ2n) is 1.57. The number of carbonyl (C=O) groups excluding carboxylic acids is 2. The number of primary amides is 1. The largest absolute Gasteiger partial charge is 0.480 e. The molecule has 7 nitrogen and oxygen atoms in total. The van der Waals surface area contributed by atoms with E-state index in [0.29, 0.717) is 0 Å². The van der Waals surface area contributed by atoms with Crippen molar-refractivity contribution >= 4 is 18.0 Å². The third-order valence-corrected chi connectivity index (χ3v) is 0.637. The minimum absolute atomic E-state index is 0.556. The normalized spacial score (nSPS) is 8.36. The van der Waals surface area contributed by atoms with Crippen LogP contribution in [0.4, 0.5) is 9.59 Å². The number of hydrogen-bond donors (Lipinski definition) is 4. The van der Waals surface area contributed by atoms with Gasteiger partial charge in [0.1, 0.15) is 6.54 Å². The monoisotopic (exact) mass is 161 g/mol. The maximum atomic E-state index is 10.4. The first-order valence-electron chi connectivity index (χ1n) is 2.58. The third-order valence-electron chi connectivity index (χ3n) is 0.637. The van der Waals surface area contributed by atoms with Crippen LogP contribution >= 0.6 is 0 Å². The Morgan fingerprint density at radius 2 is 1.91 bits per heavy atom. The molecular weight excluding hydrogens is 154 g/mol. The fourth-order valence-corrected chi connectivity index (χ4v) is 0.312. The van der Waals surface area contributed by atoms with Crippen LogP contribution in [0.25, 0.3) is 0 Å². The molecule has 0 unspecified atom stereocenters. The Bertz CT molecular complexity index is 190. The number of nitrogens with one attached hydrogen (secondary N) is 2. The van der Waals surface area contributed by atoms with Crippen LogP contribution in [0.1, 0.15) is 0 Å². The van der Waals surface area contributed by atoms with Gasteiger partial charge in [0.15, 0.2) is 0 Å². The zero-order valence-corrected chi connectivity index (χ0v) is 5.46. The zero-order chi connectivity index (χ0) is 8.85. The van der Waals surface area contributed by atoms with Crippen molar-refractivity contribution in [3.8, 4) is 0 Å². The van der Waals surface area contributed by atoms with Crippen molar-refractivity contribution in [2.75, 3.05) is 6.54 Å². The molecule has 0 aromatic heterocycles. The average Bonchev–Trinajstić information content (AvgIpc) is 1.82. The summed E-state index contributed by atoms with van der Waals surface area (Å²) in [5, 5.41) is 11.5. The van der Waals surface area contributed by atoms with E-state index in [0.717, 1.165) is 0 Å². The number of carboxylic acids is 1. The minimum Gasteiger partial charge on any atom is -0.480 e. The summed E-state index contributed by atoms with van der Waals surface area (Å²) in [6.07, 6.45) is 0. The van der Waals surface area contributed by atoms with Crippen molar-refractivity contribution in [1.82, 2.24) is 10.6 Å². The van der Waals surface area contributed by atoms with Gasteiger partial charge in [0.25, 0.3) is 0 Å². The summed E-state index contributed by atoms with van der Waals surface area (Å²) in [5.41, 5.74) is 4.54. The van der Waals surface area contributed by atoms with Gasteiger partial charge in [-0.3, -0.25) is 10.1 Å². The maximum Gasteiger partial charge on any atom is 0.323 e. The number of hydrogen-bond acceptors (Lipinski definition) is 3. The lowest BCUT2D eigenvalue weighted by atomic mass is 10.6. The Kier molecular flexibility index (Phi) is 3.43. The number of imide groups is 1. The molecule has 0 atom stereocenters. The van der Waals surface area contributed by atoms with Gasteiger partial charge >= 0.3 is 18.0 Å². The molecule has 0 aliphatic heterocycles. The van der Waals surface area contributed by atoms with Gasteiger partial charge in [0.2, 0.25) is 0 Å². The number of carbonyl (C=O) groups is 3. The van der Waals surface area contributed by atoms with Crippen molar-refractivity contribution in [3.63, 3.8) is 0 Å². The molecule has 7 heteroatoms. The van der Waals surface area contributed by atoms with Crippen molar-refractivity contribution in [1.29, 1.82) is 0 Å². The number of urea groups is 2. The van der Waals surface area contributed by atoms with E-state index in [4.69, 9.17) is 5.11 Å². The number of aliphatic carboxylic acids is 1. The Labute approximate surface area is 61.6 Å². The molecule has 0 rings (SSSR count). The Morgan fingerprint density at radius 1 is 1.36 bits per heavy atom. The second-order valence-corrected chi connectivity index (χ2v) is 1.57. The van der Waals surface area contributed by atoms with E-state index >= 15 is 0 Å². The van der Waals surface area contributed by atoms with Crippen molar-refractivity contribution in [2.24, 2.45) is 5.73 Å². The van der Waals surface area contributed by atoms with Gasteiger partial charge in [0.05, 0.1) is 0 Å². The van der Waals surface area contributed by atoms with E-state index < -0.39 is 24.6 Å². The molecule has 4 amide bonds. The molecule has 0 aliphatic carbocycles. The summed E-state index contributed by atoms with van der Waals surface area (Å²) < 4.78 is 0. The highest BCUT2D eigenvalue weighted by molar-refractivity contribution is 5.93. The van der Waals surface area contributed by atoms with Gasteiger partial charge in [-0.2, -0.15) is 0 Å². The lowest BCUT2D eigenvalue weighted by Crippen LogP contribution is -2.43. The number of nitrogens with two attached hydrogens (primary N) is 1. The van der Waals surface area contributed by atoms with Crippen LogP contribution < -0.4 is 16.4 Å². The highest BCUT2D eigenvalue weighted by atomic mass is 16.4. The summed E-state index contributed by atoms with van der Waals surface area (Å²) in [7, 11) is 0. The highest BCUT2D eigenvalue weighted by Gasteiger charge is 2.03. The first-order chi connectivity index (χ1) is 5.02. The van der Waals surface area contributed by atoms with Crippen LogP contribution in [0.2, 0.25) is 0 Å². The summed E-state index contributed by atoms with van der Waals surface area (Å²) in [4.78, 5) is 30.2. The van der Waals surface area contributed by atoms with Crippen molar-refractivity contribution in [3.05, 3.63) is 0 Å². The fraction of sp³-hybridized carbons (Fsp3) is 0.250. The van der Waals surface area contributed by atoms with E-state index in [1.165, 1.54) is 0 Å². The van der Waals surface area contributed by atoms with Crippen LogP contribution in [0.3, 0.4) is 0 Å². The molecular formula is C4H7N3O4. The van der Waals surface area contributed by atoms with E-state index in [1.54, 1.807) is 5.32 Å². The van der Waals surface area contributed by atoms with E-state index in [2.05, 4.69) is 5.73 Å². The van der Waals surface area contributed by atoms with Gasteiger partial charge in [-0.15, -0.1) is 0 Å². The molecule has 0 aromatic carbocycles. The fourth-order valence-electron chi connectivity index (χ4n) is 0.312. The standard InChI is InChI=1S/C4H7N3O4/c5-3(10)7-4(11)6-1-2(8)9/h1H2,(H,8,9)(H4,5,6,7,10,11). The predicted octanol–water partition coefficient (Wildman–Crippen LogP) is -1.55. The molecule has 0 spiro atoms. The quantitative estimate of drug-likeness (QED) is 0.391. The topological polar surface area (TPSA) is 122 Å². The van der Waals surface area contributed by atoms with Gasteiger partial charge in [-0.05, 0) is 0 Å². The predicted molar refractivity (Wildman–Crippen MR) is 33.8 cm³/mol. The molecule has 0 heterocycles. The molecule has 0 saturated carbocycles. The molecule has 0 bridgehead atoms. The summed E-state index contributed by atoms with van der Waals surface area (Å²) >= 11 is 0. The zero-order valence-electron chi connectivity index (χ0n) is 5.46. The molecule has 0 aromatic rings. The molecule has 5 N–H and O–H groups in total. The first-order valence-corrected chi connectivity index (χ1v) is 2.58. The van der Waals surface area contributed by atoms with Crippen LogP contribution in [0.15, 0.2) is 0 Å². The molecule has 0 saturated heterocycles. The Balaban J connectivity index is 3.53. The highest BCUT2D eigenvalue weighted by Crippen LogP contribution is 1.64. The smallest absolute Gasteiger partial charge is 0.323 e. The van der Waals surface area contributed by atoms with E-state index in [9.17, 15) is 14.4 Å². The summed E-state index contributed by atoms with van der Waals surface area (Å²) in [6.45, 7) is -0.556. The second kappa shape index (κ2) is 4.09. The molecule has 62 valence electrons. The Hall–Kier alpha value is -1.79. The molecule has 0 fully saturated rings. The van der Waals surface area contributed by atoms with Crippen LogP contribution in [-0.2, 0) is 4.79 Å². The minimum atomic E-state index is -1.20. The Morgan fingerprint density at radius 3 is 2.27 bits per heavy atom.